The van der Waals surface area contributed by atoms with Crippen LogP contribution in [0.3, 0.4) is 0 Å². The summed E-state index contributed by atoms with van der Waals surface area (Å²) in [6, 6.07) is 12.3. The zero-order valence-corrected chi connectivity index (χ0v) is 14.4. The first-order chi connectivity index (χ1) is 12.0. The number of benzene rings is 2. The number of amides is 1. The number of ether oxygens (including phenoxy) is 1. The molecular weight excluding hydrogens is 345 g/mol. The minimum atomic E-state index is -1.49. The van der Waals surface area contributed by atoms with Gasteiger partial charge in [0.25, 0.3) is 0 Å². The highest BCUT2D eigenvalue weighted by molar-refractivity contribution is 6.30. The van der Waals surface area contributed by atoms with Crippen LogP contribution in [0.25, 0.3) is 0 Å². The lowest BCUT2D eigenvalue weighted by Gasteiger charge is -2.34. The van der Waals surface area contributed by atoms with Crippen LogP contribution >= 0.6 is 11.6 Å². The van der Waals surface area contributed by atoms with Gasteiger partial charge in [-0.05, 0) is 37.1 Å². The Bertz CT molecular complexity index is 747. The molecule has 0 saturated carbocycles. The van der Waals surface area contributed by atoms with Crippen molar-refractivity contribution in [2.75, 3.05) is 19.7 Å². The van der Waals surface area contributed by atoms with Crippen LogP contribution in [0.15, 0.2) is 48.5 Å². The second-order valence-corrected chi connectivity index (χ2v) is 6.50. The lowest BCUT2D eigenvalue weighted by molar-refractivity contribution is -0.0196. The van der Waals surface area contributed by atoms with E-state index in [1.807, 2.05) is 0 Å². The fourth-order valence-corrected chi connectivity index (χ4v) is 3.20. The molecule has 0 spiro atoms. The topological polar surface area (TPSA) is 49.8 Å². The molecule has 2 aromatic rings. The van der Waals surface area contributed by atoms with Crippen LogP contribution in [0, 0.1) is 5.82 Å². The Balaban J connectivity index is 2.05. The van der Waals surface area contributed by atoms with Gasteiger partial charge in [0.1, 0.15) is 5.82 Å². The van der Waals surface area contributed by atoms with Crippen molar-refractivity contribution in [1.82, 2.24) is 4.90 Å². The Morgan fingerprint density at radius 3 is 2.44 bits per heavy atom. The molecule has 1 N–H and O–H groups in total. The number of hydrogen-bond acceptors (Lipinski definition) is 3. The molecule has 0 aromatic heterocycles. The third-order valence-electron chi connectivity index (χ3n) is 4.45. The summed E-state index contributed by atoms with van der Waals surface area (Å²) in [5.41, 5.74) is -0.603. The molecule has 1 aliphatic rings. The molecule has 0 aliphatic carbocycles. The van der Waals surface area contributed by atoms with Gasteiger partial charge in [-0.1, -0.05) is 35.9 Å². The molecule has 1 saturated heterocycles. The second-order valence-electron chi connectivity index (χ2n) is 6.06. The quantitative estimate of drug-likeness (QED) is 0.894. The van der Waals surface area contributed by atoms with Gasteiger partial charge in [-0.25, -0.2) is 9.18 Å². The summed E-state index contributed by atoms with van der Waals surface area (Å²) in [7, 11) is 0. The Kier molecular flexibility index (Phi) is 5.25. The van der Waals surface area contributed by atoms with Crippen molar-refractivity contribution in [3.8, 4) is 0 Å². The Hall–Kier alpha value is -2.11. The van der Waals surface area contributed by atoms with Crippen LogP contribution in [0.2, 0.25) is 5.02 Å². The normalized spacial score (nSPS) is 16.5. The fourth-order valence-electron chi connectivity index (χ4n) is 3.07. The highest BCUT2D eigenvalue weighted by Gasteiger charge is 2.40. The molecule has 1 amide bonds. The SMILES string of the molecule is O=C(O[C@](CO)(c1ccc(Cl)cc1)c1cccc(F)c1)N1CCCC1. The summed E-state index contributed by atoms with van der Waals surface area (Å²) < 4.78 is 19.6. The molecule has 1 atom stereocenters. The largest absolute Gasteiger partial charge is 0.430 e. The van der Waals surface area contributed by atoms with Gasteiger partial charge in [-0.3, -0.25) is 0 Å². The highest BCUT2D eigenvalue weighted by Crippen LogP contribution is 2.35. The Morgan fingerprint density at radius 2 is 1.84 bits per heavy atom. The maximum absolute atomic E-state index is 13.8. The second kappa shape index (κ2) is 7.42. The summed E-state index contributed by atoms with van der Waals surface area (Å²) >= 11 is 5.95. The van der Waals surface area contributed by atoms with E-state index < -0.39 is 24.1 Å². The number of halogens is 2. The molecule has 6 heteroatoms. The maximum Gasteiger partial charge on any atom is 0.411 e. The number of carbonyl (C=O) groups is 1. The summed E-state index contributed by atoms with van der Waals surface area (Å²) in [5.74, 6) is -0.471. The molecule has 0 radical (unpaired) electrons. The number of rotatable bonds is 4. The molecule has 0 bridgehead atoms. The minimum absolute atomic E-state index is 0.366. The van der Waals surface area contributed by atoms with Gasteiger partial charge in [0.05, 0.1) is 6.61 Å². The highest BCUT2D eigenvalue weighted by atomic mass is 35.5. The van der Waals surface area contributed by atoms with Crippen LogP contribution in [0.5, 0.6) is 0 Å². The van der Waals surface area contributed by atoms with Gasteiger partial charge >= 0.3 is 6.09 Å². The number of carbonyl (C=O) groups excluding carboxylic acids is 1. The van der Waals surface area contributed by atoms with E-state index in [-0.39, 0.29) is 0 Å². The molecule has 0 unspecified atom stereocenters. The van der Waals surface area contributed by atoms with E-state index in [1.54, 1.807) is 35.2 Å². The van der Waals surface area contributed by atoms with Crippen molar-refractivity contribution in [3.05, 3.63) is 70.5 Å². The van der Waals surface area contributed by atoms with Crippen molar-refractivity contribution in [2.45, 2.75) is 18.4 Å². The third-order valence-corrected chi connectivity index (χ3v) is 4.70. The van der Waals surface area contributed by atoms with Gasteiger partial charge < -0.3 is 14.7 Å². The predicted molar refractivity (Wildman–Crippen MR) is 93.0 cm³/mol. The molecular formula is C19H19ClFNO3. The monoisotopic (exact) mass is 363 g/mol. The van der Waals surface area contributed by atoms with Gasteiger partial charge in [-0.15, -0.1) is 0 Å². The number of hydrogen-bond donors (Lipinski definition) is 1. The van der Waals surface area contributed by atoms with Gasteiger partial charge in [0, 0.05) is 29.2 Å². The van der Waals surface area contributed by atoms with Crippen molar-refractivity contribution in [1.29, 1.82) is 0 Å². The van der Waals surface area contributed by atoms with Crippen molar-refractivity contribution < 1.29 is 19.0 Å². The van der Waals surface area contributed by atoms with E-state index in [1.165, 1.54) is 18.2 Å². The molecule has 1 aliphatic heterocycles. The van der Waals surface area contributed by atoms with E-state index in [2.05, 4.69) is 0 Å². The average molecular weight is 364 g/mol. The van der Waals surface area contributed by atoms with Crippen LogP contribution < -0.4 is 0 Å². The Morgan fingerprint density at radius 1 is 1.16 bits per heavy atom. The molecule has 132 valence electrons. The molecule has 2 aromatic carbocycles. The summed E-state index contributed by atoms with van der Waals surface area (Å²) in [4.78, 5) is 14.2. The molecule has 3 rings (SSSR count). The van der Waals surface area contributed by atoms with Crippen molar-refractivity contribution in [3.63, 3.8) is 0 Å². The van der Waals surface area contributed by atoms with Gasteiger partial charge in [-0.2, -0.15) is 0 Å². The molecule has 1 fully saturated rings. The number of aliphatic hydroxyl groups is 1. The van der Waals surface area contributed by atoms with Crippen LogP contribution in [-0.4, -0.2) is 35.8 Å². The van der Waals surface area contributed by atoms with Crippen molar-refractivity contribution >= 4 is 17.7 Å². The first-order valence-electron chi connectivity index (χ1n) is 8.16. The zero-order valence-electron chi connectivity index (χ0n) is 13.6. The third kappa shape index (κ3) is 3.62. The van der Waals surface area contributed by atoms with E-state index >= 15 is 0 Å². The number of likely N-dealkylation sites (tertiary alicyclic amines) is 1. The van der Waals surface area contributed by atoms with E-state index in [4.69, 9.17) is 16.3 Å². The maximum atomic E-state index is 13.8. The van der Waals surface area contributed by atoms with Crippen LogP contribution in [-0.2, 0) is 10.3 Å². The van der Waals surface area contributed by atoms with Crippen LogP contribution in [0.1, 0.15) is 24.0 Å². The minimum Gasteiger partial charge on any atom is -0.430 e. The van der Waals surface area contributed by atoms with Gasteiger partial charge in [0.15, 0.2) is 5.60 Å². The lowest BCUT2D eigenvalue weighted by Crippen LogP contribution is -2.42. The van der Waals surface area contributed by atoms with Crippen LogP contribution in [0.4, 0.5) is 9.18 Å². The molecule has 4 nitrogen and oxygen atoms in total. The average Bonchev–Trinajstić information content (AvgIpc) is 3.15. The summed E-state index contributed by atoms with van der Waals surface area (Å²) in [5, 5.41) is 10.7. The Labute approximate surface area is 150 Å². The number of nitrogens with zero attached hydrogens (tertiary/aromatic N) is 1. The zero-order chi connectivity index (χ0) is 17.9. The summed E-state index contributed by atoms with van der Waals surface area (Å²) in [6.07, 6.45) is 1.32. The van der Waals surface area contributed by atoms with E-state index in [0.717, 1.165) is 12.8 Å². The van der Waals surface area contributed by atoms with Gasteiger partial charge in [0.2, 0.25) is 0 Å². The lowest BCUT2D eigenvalue weighted by atomic mass is 9.86. The molecule has 25 heavy (non-hydrogen) atoms. The van der Waals surface area contributed by atoms with Crippen molar-refractivity contribution in [2.24, 2.45) is 0 Å². The first kappa shape index (κ1) is 17.7. The standard InChI is InChI=1S/C19H19ClFNO3/c20-16-8-6-14(7-9-16)19(13-23,15-4-3-5-17(21)12-15)25-18(24)22-10-1-2-11-22/h3-9,12,23H,1-2,10-11,13H2/t19-/m1/s1. The smallest absolute Gasteiger partial charge is 0.411 e. The van der Waals surface area contributed by atoms with E-state index in [9.17, 15) is 14.3 Å². The predicted octanol–water partition coefficient (Wildman–Crippen LogP) is 3.95. The summed E-state index contributed by atoms with van der Waals surface area (Å²) in [6.45, 7) is 0.714. The van der Waals surface area contributed by atoms with E-state index in [0.29, 0.717) is 29.2 Å². The fraction of sp³-hybridized carbons (Fsp3) is 0.316. The molecule has 1 heterocycles. The first-order valence-corrected chi connectivity index (χ1v) is 8.54. The number of aliphatic hydroxyl groups excluding tert-OH is 1.